The van der Waals surface area contributed by atoms with Crippen LogP contribution in [0.5, 0.6) is 5.75 Å². The Bertz CT molecular complexity index is 2410. The standard InChI is InChI=1S/C25H17Cl2N7O10S3/c26-23-30-24(27)32-25(31-23)29-17-11-15(45(36,37)38)8-12-9-19(47(42,43)44)21(22(35)20(12)17)34-33-14-6-7-16(18(10-14)46(39,40)41)28-13-4-2-1-3-5-13/h1-11,28,35H,(H,36,37,38)(H,39,40,41)(H,42,43,44)(H,29,30,31,32). The third-order valence-electron chi connectivity index (χ3n) is 6.09. The lowest BCUT2D eigenvalue weighted by Gasteiger charge is -2.15. The maximum atomic E-state index is 12.4. The van der Waals surface area contributed by atoms with E-state index in [2.05, 4.69) is 35.8 Å². The lowest BCUT2D eigenvalue weighted by Crippen LogP contribution is -2.05. The third-order valence-corrected chi connectivity index (χ3v) is 9.02. The van der Waals surface area contributed by atoms with Crippen LogP contribution >= 0.6 is 23.2 Å². The van der Waals surface area contributed by atoms with E-state index in [1.165, 1.54) is 12.1 Å². The minimum atomic E-state index is -5.22. The van der Waals surface area contributed by atoms with Gasteiger partial charge in [-0.15, -0.1) is 5.11 Å². The second-order valence-electron chi connectivity index (χ2n) is 9.26. The van der Waals surface area contributed by atoms with Crippen LogP contribution in [-0.2, 0) is 30.4 Å². The average Bonchev–Trinajstić information content (AvgIpc) is 2.95. The van der Waals surface area contributed by atoms with E-state index >= 15 is 0 Å². The Morgan fingerprint density at radius 3 is 1.89 bits per heavy atom. The molecule has 0 fully saturated rings. The van der Waals surface area contributed by atoms with E-state index in [0.717, 1.165) is 24.3 Å². The fourth-order valence-electron chi connectivity index (χ4n) is 4.18. The minimum Gasteiger partial charge on any atom is -0.505 e. The molecule has 244 valence electrons. The first-order valence-corrected chi connectivity index (χ1v) is 17.5. The van der Waals surface area contributed by atoms with Crippen molar-refractivity contribution in [2.45, 2.75) is 14.7 Å². The van der Waals surface area contributed by atoms with E-state index < -0.39 is 56.5 Å². The Morgan fingerprint density at radius 1 is 0.660 bits per heavy atom. The van der Waals surface area contributed by atoms with Crippen LogP contribution in [0.1, 0.15) is 0 Å². The Hall–Kier alpha value is -4.54. The number of aromatic hydroxyl groups is 1. The molecule has 4 aromatic carbocycles. The van der Waals surface area contributed by atoms with Crippen LogP contribution in [0.15, 0.2) is 91.6 Å². The highest BCUT2D eigenvalue weighted by Gasteiger charge is 2.26. The summed E-state index contributed by atoms with van der Waals surface area (Å²) in [5, 5.41) is 22.7. The van der Waals surface area contributed by atoms with Crippen LogP contribution in [0.25, 0.3) is 10.8 Å². The SMILES string of the molecule is O=S(=O)(O)c1cc(Nc2nc(Cl)nc(Cl)n2)c2c(O)c(N=Nc3ccc(Nc4ccccc4)c(S(=O)(=O)O)c3)c(S(=O)(=O)O)cc2c1. The van der Waals surface area contributed by atoms with Crippen LogP contribution in [-0.4, -0.2) is 59.0 Å². The van der Waals surface area contributed by atoms with Crippen molar-refractivity contribution in [1.82, 2.24) is 15.0 Å². The highest BCUT2D eigenvalue weighted by molar-refractivity contribution is 7.86. The van der Waals surface area contributed by atoms with Gasteiger partial charge in [-0.25, -0.2) is 0 Å². The van der Waals surface area contributed by atoms with Gasteiger partial charge in [0.15, 0.2) is 5.75 Å². The number of aromatic nitrogens is 3. The van der Waals surface area contributed by atoms with E-state index in [9.17, 15) is 44.0 Å². The second kappa shape index (κ2) is 12.6. The van der Waals surface area contributed by atoms with E-state index in [0.29, 0.717) is 5.69 Å². The summed E-state index contributed by atoms with van der Waals surface area (Å²) in [4.78, 5) is 8.65. The number of nitrogens with one attached hydrogen (secondary N) is 2. The van der Waals surface area contributed by atoms with E-state index in [-0.39, 0.29) is 44.4 Å². The summed E-state index contributed by atoms with van der Waals surface area (Å²) in [5.41, 5.74) is -1.06. The van der Waals surface area contributed by atoms with Crippen LogP contribution in [0.3, 0.4) is 0 Å². The van der Waals surface area contributed by atoms with E-state index in [1.807, 2.05) is 0 Å². The fourth-order valence-corrected chi connectivity index (χ4v) is 6.41. The Balaban J connectivity index is 1.70. The van der Waals surface area contributed by atoms with Crippen molar-refractivity contribution < 1.29 is 44.0 Å². The van der Waals surface area contributed by atoms with Crippen molar-refractivity contribution in [2.75, 3.05) is 10.6 Å². The number of phenolic OH excluding ortho intramolecular Hbond substituents is 1. The van der Waals surface area contributed by atoms with Gasteiger partial charge in [-0.1, -0.05) is 18.2 Å². The van der Waals surface area contributed by atoms with Gasteiger partial charge < -0.3 is 15.7 Å². The van der Waals surface area contributed by atoms with Crippen LogP contribution in [0.2, 0.25) is 10.6 Å². The molecule has 0 atom stereocenters. The molecule has 6 N–H and O–H groups in total. The van der Waals surface area contributed by atoms with Crippen molar-refractivity contribution in [2.24, 2.45) is 10.2 Å². The van der Waals surface area contributed by atoms with Gasteiger partial charge in [0.1, 0.15) is 15.5 Å². The summed E-state index contributed by atoms with van der Waals surface area (Å²) >= 11 is 11.6. The number of hydrogen-bond acceptors (Lipinski definition) is 14. The summed E-state index contributed by atoms with van der Waals surface area (Å²) in [6, 6.07) is 14.1. The molecule has 0 aliphatic heterocycles. The van der Waals surface area contributed by atoms with Crippen molar-refractivity contribution in [1.29, 1.82) is 0 Å². The molecule has 0 amide bonds. The zero-order valence-corrected chi connectivity index (χ0v) is 26.8. The van der Waals surface area contributed by atoms with Crippen molar-refractivity contribution in [3.05, 3.63) is 77.3 Å². The van der Waals surface area contributed by atoms with Crippen molar-refractivity contribution in [3.63, 3.8) is 0 Å². The lowest BCUT2D eigenvalue weighted by atomic mass is 10.1. The maximum absolute atomic E-state index is 12.4. The number of halogens is 2. The predicted octanol–water partition coefficient (Wildman–Crippen LogP) is 5.68. The first-order chi connectivity index (χ1) is 21.9. The topological polar surface area (TPSA) is 271 Å². The number of hydrogen-bond donors (Lipinski definition) is 6. The summed E-state index contributed by atoms with van der Waals surface area (Å²) in [6.45, 7) is 0. The summed E-state index contributed by atoms with van der Waals surface area (Å²) < 4.78 is 103. The molecule has 0 saturated heterocycles. The van der Waals surface area contributed by atoms with Crippen LogP contribution in [0.4, 0.5) is 34.4 Å². The zero-order chi connectivity index (χ0) is 34.3. The number of fused-ring (bicyclic) bond motifs is 1. The van der Waals surface area contributed by atoms with E-state index in [1.54, 1.807) is 30.3 Å². The maximum Gasteiger partial charge on any atom is 0.296 e. The number of rotatable bonds is 9. The van der Waals surface area contributed by atoms with Gasteiger partial charge in [-0.2, -0.15) is 45.3 Å². The van der Waals surface area contributed by atoms with Gasteiger partial charge in [0.25, 0.3) is 30.4 Å². The molecule has 1 heterocycles. The van der Waals surface area contributed by atoms with Gasteiger partial charge >= 0.3 is 0 Å². The predicted molar refractivity (Wildman–Crippen MR) is 169 cm³/mol. The van der Waals surface area contributed by atoms with Gasteiger partial charge in [0.2, 0.25) is 16.5 Å². The third kappa shape index (κ3) is 7.72. The molecule has 0 bridgehead atoms. The number of nitrogens with zero attached hydrogens (tertiary/aromatic N) is 5. The van der Waals surface area contributed by atoms with Crippen molar-refractivity contribution in [3.8, 4) is 5.75 Å². The molecule has 17 nitrogen and oxygen atoms in total. The molecule has 0 radical (unpaired) electrons. The first kappa shape index (κ1) is 33.8. The van der Waals surface area contributed by atoms with Crippen LogP contribution < -0.4 is 10.6 Å². The summed E-state index contributed by atoms with van der Waals surface area (Å²) in [5.74, 6) is -1.36. The number of anilines is 4. The summed E-state index contributed by atoms with van der Waals surface area (Å²) in [7, 11) is -15.0. The number of benzene rings is 4. The highest BCUT2D eigenvalue weighted by atomic mass is 35.5. The second-order valence-corrected chi connectivity index (χ2v) is 14.1. The molecule has 0 saturated carbocycles. The zero-order valence-electron chi connectivity index (χ0n) is 22.8. The molecular formula is C25H17Cl2N7O10S3. The van der Waals surface area contributed by atoms with Gasteiger partial charge in [-0.3, -0.25) is 13.7 Å². The lowest BCUT2D eigenvalue weighted by molar-refractivity contribution is 0.472. The monoisotopic (exact) mass is 741 g/mol. The Labute approximate surface area is 275 Å². The molecule has 5 rings (SSSR count). The molecule has 1 aromatic heterocycles. The van der Waals surface area contributed by atoms with Gasteiger partial charge in [-0.05, 0) is 77.1 Å². The summed E-state index contributed by atoms with van der Waals surface area (Å²) in [6.07, 6.45) is 0. The molecular weight excluding hydrogens is 725 g/mol. The van der Waals surface area contributed by atoms with Gasteiger partial charge in [0.05, 0.1) is 22.0 Å². The number of phenols is 1. The molecule has 0 aliphatic carbocycles. The van der Waals surface area contributed by atoms with Gasteiger partial charge in [0, 0.05) is 11.1 Å². The molecule has 47 heavy (non-hydrogen) atoms. The minimum absolute atomic E-state index is 0.0475. The fraction of sp³-hybridized carbons (Fsp3) is 0. The molecule has 0 spiro atoms. The smallest absolute Gasteiger partial charge is 0.296 e. The Kier molecular flexibility index (Phi) is 9.05. The quantitative estimate of drug-likeness (QED) is 0.0783. The normalized spacial score (nSPS) is 12.4. The van der Waals surface area contributed by atoms with Crippen LogP contribution in [0, 0.1) is 0 Å². The highest BCUT2D eigenvalue weighted by Crippen LogP contribution is 2.46. The Morgan fingerprint density at radius 2 is 1.30 bits per heavy atom. The largest absolute Gasteiger partial charge is 0.505 e. The number of para-hydroxylation sites is 1. The molecule has 0 aliphatic rings. The first-order valence-electron chi connectivity index (χ1n) is 12.4. The average molecular weight is 743 g/mol. The molecule has 5 aromatic rings. The van der Waals surface area contributed by atoms with Crippen molar-refractivity contribution >= 4 is 98.7 Å². The molecule has 22 heteroatoms. The van der Waals surface area contributed by atoms with E-state index in [4.69, 9.17) is 23.2 Å². The molecule has 0 unspecified atom stereocenters. The number of azo groups is 1.